The molecule has 3 aliphatic heterocycles. The molecule has 3 aliphatic rings. The van der Waals surface area contributed by atoms with E-state index < -0.39 is 18.0 Å². The minimum Gasteiger partial charge on any atom is -0.459 e. The lowest BCUT2D eigenvalue weighted by atomic mass is 9.92. The van der Waals surface area contributed by atoms with E-state index in [1.165, 1.54) is 31.4 Å². The maximum atomic E-state index is 13.4. The van der Waals surface area contributed by atoms with Crippen molar-refractivity contribution >= 4 is 5.91 Å². The maximum Gasteiger partial charge on any atom is 0.416 e. The van der Waals surface area contributed by atoms with E-state index in [1.54, 1.807) is 6.08 Å². The monoisotopic (exact) mass is 510 g/mol. The topological polar surface area (TPSA) is 62.2 Å². The van der Waals surface area contributed by atoms with Gasteiger partial charge in [-0.1, -0.05) is 18.6 Å². The highest BCUT2D eigenvalue weighted by Crippen LogP contribution is 2.35. The Hall–Kier alpha value is -2.10. The Bertz CT molecular complexity index is 876. The molecule has 0 bridgehead atoms. The molecule has 1 aromatic rings. The molecule has 0 unspecified atom stereocenters. The lowest BCUT2D eigenvalue weighted by Gasteiger charge is -2.40. The van der Waals surface area contributed by atoms with Crippen LogP contribution in [0.15, 0.2) is 36.1 Å². The van der Waals surface area contributed by atoms with E-state index in [9.17, 15) is 18.0 Å². The molecule has 1 amide bonds. The van der Waals surface area contributed by atoms with Crippen LogP contribution in [0.4, 0.5) is 13.2 Å². The summed E-state index contributed by atoms with van der Waals surface area (Å²) in [6.45, 7) is 4.03. The normalized spacial score (nSPS) is 24.3. The third-order valence-corrected chi connectivity index (χ3v) is 7.45. The molecule has 1 N–H and O–H groups in total. The van der Waals surface area contributed by atoms with E-state index in [-0.39, 0.29) is 24.2 Å². The third kappa shape index (κ3) is 7.01. The summed E-state index contributed by atoms with van der Waals surface area (Å²) in [7, 11) is 0. The number of alkyl halides is 3. The number of unbranched alkanes of at least 4 members (excludes halogenated alkanes) is 1. The van der Waals surface area contributed by atoms with Gasteiger partial charge in [-0.3, -0.25) is 4.79 Å². The van der Waals surface area contributed by atoms with Crippen LogP contribution in [0, 0.1) is 0 Å². The summed E-state index contributed by atoms with van der Waals surface area (Å²) in [6, 6.07) is 5.58. The number of hydrogen-bond donors (Lipinski definition) is 1. The number of allylic oxidation sites excluding steroid dienone is 1. The van der Waals surface area contributed by atoms with Gasteiger partial charge in [0.15, 0.2) is 5.76 Å². The number of piperidine rings is 2. The first kappa shape index (κ1) is 26.9. The number of likely N-dealkylation sites (tertiary alicyclic amines) is 2. The second kappa shape index (κ2) is 12.4. The Morgan fingerprint density at radius 1 is 1.03 bits per heavy atom. The number of halogens is 3. The number of amides is 1. The quantitative estimate of drug-likeness (QED) is 0.515. The highest BCUT2D eigenvalue weighted by atomic mass is 19.4. The van der Waals surface area contributed by atoms with Crippen LogP contribution in [0.3, 0.4) is 0 Å². The lowest BCUT2D eigenvalue weighted by Crippen LogP contribution is -2.49. The predicted octanol–water partition coefficient (Wildman–Crippen LogP) is 4.69. The zero-order valence-corrected chi connectivity index (χ0v) is 20.7. The molecule has 0 aromatic heterocycles. The molecule has 0 saturated carbocycles. The fourth-order valence-electron chi connectivity index (χ4n) is 5.36. The summed E-state index contributed by atoms with van der Waals surface area (Å²) in [6.07, 6.45) is 3.95. The molecule has 2 saturated heterocycles. The number of aliphatic hydroxyl groups is 1. The van der Waals surface area contributed by atoms with Gasteiger partial charge in [-0.25, -0.2) is 0 Å². The van der Waals surface area contributed by atoms with Crippen LogP contribution in [0.2, 0.25) is 0 Å². The van der Waals surface area contributed by atoms with Gasteiger partial charge in [-0.2, -0.15) is 13.2 Å². The first-order valence-electron chi connectivity index (χ1n) is 13.2. The molecule has 3 heterocycles. The minimum atomic E-state index is -4.40. The second-order valence-electron chi connectivity index (χ2n) is 9.96. The van der Waals surface area contributed by atoms with Gasteiger partial charge in [0, 0.05) is 38.1 Å². The van der Waals surface area contributed by atoms with E-state index in [0.29, 0.717) is 50.6 Å². The number of ether oxygens (including phenoxy) is 2. The van der Waals surface area contributed by atoms with Crippen molar-refractivity contribution in [2.45, 2.75) is 75.8 Å². The predicted molar refractivity (Wildman–Crippen MR) is 129 cm³/mol. The zero-order chi connectivity index (χ0) is 25.5. The van der Waals surface area contributed by atoms with Crippen molar-refractivity contribution in [1.82, 2.24) is 9.80 Å². The summed E-state index contributed by atoms with van der Waals surface area (Å²) in [5, 5.41) is 9.01. The van der Waals surface area contributed by atoms with E-state index in [0.717, 1.165) is 38.1 Å². The average molecular weight is 511 g/mol. The molecule has 0 radical (unpaired) electrons. The summed E-state index contributed by atoms with van der Waals surface area (Å²) in [5.74, 6) is -0.281. The van der Waals surface area contributed by atoms with E-state index in [1.807, 2.05) is 4.90 Å². The highest BCUT2D eigenvalue weighted by molar-refractivity contribution is 5.91. The number of hydrogen-bond acceptors (Lipinski definition) is 5. The van der Waals surface area contributed by atoms with Crippen molar-refractivity contribution in [3.8, 4) is 0 Å². The molecule has 36 heavy (non-hydrogen) atoms. The molecule has 0 spiro atoms. The van der Waals surface area contributed by atoms with Gasteiger partial charge in [0.05, 0.1) is 12.2 Å². The summed E-state index contributed by atoms with van der Waals surface area (Å²) >= 11 is 0. The number of aliphatic hydroxyl groups excluding tert-OH is 1. The average Bonchev–Trinajstić information content (AvgIpc) is 2.91. The van der Waals surface area contributed by atoms with Crippen molar-refractivity contribution in [3.63, 3.8) is 0 Å². The Morgan fingerprint density at radius 3 is 2.36 bits per heavy atom. The molecule has 2 atom stereocenters. The van der Waals surface area contributed by atoms with Gasteiger partial charge < -0.3 is 24.4 Å². The van der Waals surface area contributed by atoms with Crippen LogP contribution >= 0.6 is 0 Å². The van der Waals surface area contributed by atoms with E-state index in [2.05, 4.69) is 4.90 Å². The van der Waals surface area contributed by atoms with Crippen LogP contribution in [0.1, 0.15) is 68.4 Å². The highest BCUT2D eigenvalue weighted by Gasteiger charge is 2.35. The summed E-state index contributed by atoms with van der Waals surface area (Å²) < 4.78 is 50.9. The molecule has 0 aliphatic carbocycles. The Balaban J connectivity index is 1.44. The van der Waals surface area contributed by atoms with E-state index >= 15 is 0 Å². The van der Waals surface area contributed by atoms with Gasteiger partial charge in [-0.15, -0.1) is 0 Å². The Kier molecular flexibility index (Phi) is 9.30. The van der Waals surface area contributed by atoms with Gasteiger partial charge >= 0.3 is 6.18 Å². The molecular formula is C27H37F3N2O4. The Morgan fingerprint density at radius 2 is 1.72 bits per heavy atom. The van der Waals surface area contributed by atoms with Crippen molar-refractivity contribution in [1.29, 1.82) is 0 Å². The SMILES string of the molecule is O=C(C1=C[C@@H](c2ccc(C(F)(F)F)cc2)C[C@@H](OCCCCO)O1)N1CCC(N2CCCCC2)CC1. The number of benzene rings is 1. The first-order valence-corrected chi connectivity index (χ1v) is 13.2. The van der Waals surface area contributed by atoms with Crippen LogP contribution in [-0.2, 0) is 20.4 Å². The van der Waals surface area contributed by atoms with E-state index in [4.69, 9.17) is 14.6 Å². The second-order valence-corrected chi connectivity index (χ2v) is 9.96. The van der Waals surface area contributed by atoms with Crippen LogP contribution in [0.25, 0.3) is 0 Å². The van der Waals surface area contributed by atoms with Crippen LogP contribution < -0.4 is 0 Å². The molecule has 1 aromatic carbocycles. The number of nitrogens with zero attached hydrogens (tertiary/aromatic N) is 2. The van der Waals surface area contributed by atoms with Crippen LogP contribution in [0.5, 0.6) is 0 Å². The standard InChI is InChI=1S/C27H37F3N2O4/c28-27(29,30)22-8-6-20(7-9-22)21-18-24(36-25(19-21)35-17-5-4-16-33)26(34)32-14-10-23(11-15-32)31-12-2-1-3-13-31/h6-9,18,21,23,25,33H,1-5,10-17,19H2/t21-,25+/m1/s1. The molecule has 4 rings (SSSR count). The Labute approximate surface area is 211 Å². The summed E-state index contributed by atoms with van der Waals surface area (Å²) in [4.78, 5) is 17.8. The fourth-order valence-corrected chi connectivity index (χ4v) is 5.36. The third-order valence-electron chi connectivity index (χ3n) is 7.45. The minimum absolute atomic E-state index is 0.0695. The largest absolute Gasteiger partial charge is 0.459 e. The summed E-state index contributed by atoms with van der Waals surface area (Å²) in [5.41, 5.74) is -0.0173. The number of rotatable bonds is 8. The number of carbonyl (C=O) groups excluding carboxylic acids is 1. The molecule has 200 valence electrons. The van der Waals surface area contributed by atoms with Crippen molar-refractivity contribution in [3.05, 3.63) is 47.2 Å². The lowest BCUT2D eigenvalue weighted by molar-refractivity contribution is -0.153. The molecule has 2 fully saturated rings. The van der Waals surface area contributed by atoms with Crippen molar-refractivity contribution in [2.75, 3.05) is 39.4 Å². The number of carbonyl (C=O) groups is 1. The van der Waals surface area contributed by atoms with Crippen LogP contribution in [-0.4, -0.2) is 72.5 Å². The molecule has 6 nitrogen and oxygen atoms in total. The fraction of sp³-hybridized carbons (Fsp3) is 0.667. The molecular weight excluding hydrogens is 473 g/mol. The van der Waals surface area contributed by atoms with Gasteiger partial charge in [0.2, 0.25) is 6.29 Å². The van der Waals surface area contributed by atoms with Gasteiger partial charge in [0.25, 0.3) is 5.91 Å². The first-order chi connectivity index (χ1) is 17.3. The molecule has 9 heteroatoms. The van der Waals surface area contributed by atoms with Crippen molar-refractivity contribution < 1.29 is 32.5 Å². The zero-order valence-electron chi connectivity index (χ0n) is 20.7. The maximum absolute atomic E-state index is 13.4. The van der Waals surface area contributed by atoms with Gasteiger partial charge in [0.1, 0.15) is 0 Å². The smallest absolute Gasteiger partial charge is 0.416 e. The van der Waals surface area contributed by atoms with Crippen molar-refractivity contribution in [2.24, 2.45) is 0 Å². The van der Waals surface area contributed by atoms with Gasteiger partial charge in [-0.05, 0) is 75.4 Å².